The second kappa shape index (κ2) is 4.97. The smallest absolute Gasteiger partial charge is 0.244 e. The fourth-order valence-corrected chi connectivity index (χ4v) is 3.50. The molecule has 3 fully saturated rings. The second-order valence-electron chi connectivity index (χ2n) is 6.37. The van der Waals surface area contributed by atoms with Gasteiger partial charge in [-0.05, 0) is 37.0 Å². The SMILES string of the molecule is O=C1N(CC2CCOC2)C(c2ccc(Cl)cc2)NC12CC2. The number of amides is 1. The van der Waals surface area contributed by atoms with E-state index in [2.05, 4.69) is 5.32 Å². The molecule has 1 spiro atoms. The van der Waals surface area contributed by atoms with Gasteiger partial charge in [0.25, 0.3) is 0 Å². The largest absolute Gasteiger partial charge is 0.381 e. The third-order valence-corrected chi connectivity index (χ3v) is 5.06. The van der Waals surface area contributed by atoms with Crippen LogP contribution in [0.1, 0.15) is 31.0 Å². The first kappa shape index (κ1) is 13.6. The van der Waals surface area contributed by atoms with Crippen LogP contribution in [0.15, 0.2) is 24.3 Å². The van der Waals surface area contributed by atoms with Crippen molar-refractivity contribution in [3.05, 3.63) is 34.9 Å². The van der Waals surface area contributed by atoms with Crippen LogP contribution in [0.4, 0.5) is 0 Å². The van der Waals surface area contributed by atoms with Crippen LogP contribution < -0.4 is 5.32 Å². The Bertz CT molecular complexity index is 550. The van der Waals surface area contributed by atoms with Crippen LogP contribution in [0, 0.1) is 5.92 Å². The number of hydrogen-bond donors (Lipinski definition) is 1. The van der Waals surface area contributed by atoms with Crippen LogP contribution >= 0.6 is 11.6 Å². The summed E-state index contributed by atoms with van der Waals surface area (Å²) >= 11 is 5.97. The summed E-state index contributed by atoms with van der Waals surface area (Å²) < 4.78 is 5.45. The van der Waals surface area contributed by atoms with Gasteiger partial charge in [-0.25, -0.2) is 0 Å². The lowest BCUT2D eigenvalue weighted by Crippen LogP contribution is -2.36. The zero-order chi connectivity index (χ0) is 14.4. The van der Waals surface area contributed by atoms with Gasteiger partial charge in [-0.2, -0.15) is 0 Å². The number of hydrogen-bond acceptors (Lipinski definition) is 3. The van der Waals surface area contributed by atoms with E-state index < -0.39 is 0 Å². The molecule has 0 aromatic heterocycles. The fraction of sp³-hybridized carbons (Fsp3) is 0.562. The molecule has 2 unspecified atom stereocenters. The van der Waals surface area contributed by atoms with Crippen molar-refractivity contribution in [1.82, 2.24) is 10.2 Å². The lowest BCUT2D eigenvalue weighted by molar-refractivity contribution is -0.131. The lowest BCUT2D eigenvalue weighted by atomic mass is 10.1. The van der Waals surface area contributed by atoms with Crippen LogP contribution in [-0.4, -0.2) is 36.1 Å². The molecule has 1 saturated carbocycles. The highest BCUT2D eigenvalue weighted by Crippen LogP contribution is 2.46. The highest BCUT2D eigenvalue weighted by molar-refractivity contribution is 6.30. The molecule has 1 N–H and O–H groups in total. The molecule has 1 aromatic carbocycles. The maximum atomic E-state index is 12.7. The quantitative estimate of drug-likeness (QED) is 0.932. The molecule has 4 rings (SSSR count). The first-order chi connectivity index (χ1) is 10.2. The summed E-state index contributed by atoms with van der Waals surface area (Å²) in [5, 5.41) is 4.27. The van der Waals surface area contributed by atoms with E-state index in [0.717, 1.165) is 49.6 Å². The Morgan fingerprint density at radius 1 is 1.33 bits per heavy atom. The number of nitrogens with one attached hydrogen (secondary N) is 1. The molecule has 21 heavy (non-hydrogen) atoms. The molecule has 3 aliphatic rings. The Hall–Kier alpha value is -1.10. The van der Waals surface area contributed by atoms with Gasteiger partial charge in [-0.1, -0.05) is 23.7 Å². The minimum atomic E-state index is -0.288. The van der Waals surface area contributed by atoms with Crippen molar-refractivity contribution in [3.63, 3.8) is 0 Å². The summed E-state index contributed by atoms with van der Waals surface area (Å²) in [6.07, 6.45) is 2.92. The highest BCUT2D eigenvalue weighted by Gasteiger charge is 2.59. The van der Waals surface area contributed by atoms with Gasteiger partial charge in [-0.15, -0.1) is 0 Å². The van der Waals surface area contributed by atoms with E-state index >= 15 is 0 Å². The molecule has 5 heteroatoms. The zero-order valence-corrected chi connectivity index (χ0v) is 12.6. The first-order valence-electron chi connectivity index (χ1n) is 7.60. The number of carbonyl (C=O) groups is 1. The van der Waals surface area contributed by atoms with Gasteiger partial charge < -0.3 is 9.64 Å². The second-order valence-corrected chi connectivity index (χ2v) is 6.80. The third kappa shape index (κ3) is 2.35. The molecule has 1 aromatic rings. The monoisotopic (exact) mass is 306 g/mol. The van der Waals surface area contributed by atoms with E-state index in [1.54, 1.807) is 0 Å². The van der Waals surface area contributed by atoms with Crippen molar-refractivity contribution < 1.29 is 9.53 Å². The minimum absolute atomic E-state index is 0.0298. The minimum Gasteiger partial charge on any atom is -0.381 e. The fourth-order valence-electron chi connectivity index (χ4n) is 3.38. The van der Waals surface area contributed by atoms with Crippen LogP contribution in [0.3, 0.4) is 0 Å². The van der Waals surface area contributed by atoms with Gasteiger partial charge in [0.1, 0.15) is 11.7 Å². The standard InChI is InChI=1S/C16H19ClN2O2/c17-13-3-1-12(2-4-13)14-18-16(6-7-16)15(20)19(14)9-11-5-8-21-10-11/h1-4,11,14,18H,5-10H2. The Kier molecular flexibility index (Phi) is 3.21. The van der Waals surface area contributed by atoms with Crippen molar-refractivity contribution in [2.45, 2.75) is 31.0 Å². The topological polar surface area (TPSA) is 41.6 Å². The molecule has 112 valence electrons. The summed E-state index contributed by atoms with van der Waals surface area (Å²) in [5.41, 5.74) is 0.819. The number of benzene rings is 1. The maximum Gasteiger partial charge on any atom is 0.244 e. The van der Waals surface area contributed by atoms with E-state index in [1.807, 2.05) is 29.2 Å². The van der Waals surface area contributed by atoms with E-state index in [1.165, 1.54) is 0 Å². The average Bonchev–Trinajstić information content (AvgIpc) is 2.99. The van der Waals surface area contributed by atoms with Crippen molar-refractivity contribution in [2.75, 3.05) is 19.8 Å². The van der Waals surface area contributed by atoms with E-state index in [9.17, 15) is 4.79 Å². The van der Waals surface area contributed by atoms with Crippen molar-refractivity contribution in [2.24, 2.45) is 5.92 Å². The van der Waals surface area contributed by atoms with Gasteiger partial charge >= 0.3 is 0 Å². The van der Waals surface area contributed by atoms with Gasteiger partial charge in [0.2, 0.25) is 5.91 Å². The Morgan fingerprint density at radius 2 is 2.10 bits per heavy atom. The molecule has 0 bridgehead atoms. The maximum absolute atomic E-state index is 12.7. The number of ether oxygens (including phenoxy) is 1. The molecular weight excluding hydrogens is 288 g/mol. The third-order valence-electron chi connectivity index (χ3n) is 4.81. The predicted octanol–water partition coefficient (Wildman–Crippen LogP) is 2.34. The van der Waals surface area contributed by atoms with Crippen molar-refractivity contribution in [3.8, 4) is 0 Å². The molecule has 4 nitrogen and oxygen atoms in total. The highest BCUT2D eigenvalue weighted by atomic mass is 35.5. The molecule has 2 heterocycles. The molecule has 2 aliphatic heterocycles. The number of rotatable bonds is 3. The van der Waals surface area contributed by atoms with Gasteiger partial charge in [-0.3, -0.25) is 10.1 Å². The van der Waals surface area contributed by atoms with Gasteiger partial charge in [0.05, 0.1) is 6.61 Å². The summed E-state index contributed by atoms with van der Waals surface area (Å²) in [6, 6.07) is 7.79. The van der Waals surface area contributed by atoms with Crippen molar-refractivity contribution in [1.29, 1.82) is 0 Å². The summed E-state index contributed by atoms with van der Waals surface area (Å²) in [4.78, 5) is 14.7. The van der Waals surface area contributed by atoms with Crippen LogP contribution in [-0.2, 0) is 9.53 Å². The number of nitrogens with zero attached hydrogens (tertiary/aromatic N) is 1. The summed E-state index contributed by atoms with van der Waals surface area (Å²) in [5.74, 6) is 0.716. The molecular formula is C16H19ClN2O2. The molecule has 1 amide bonds. The zero-order valence-electron chi connectivity index (χ0n) is 11.8. The Balaban J connectivity index is 1.60. The number of halogens is 1. The Labute approximate surface area is 129 Å². The summed E-state index contributed by atoms with van der Waals surface area (Å²) in [6.45, 7) is 2.36. The van der Waals surface area contributed by atoms with E-state index in [0.29, 0.717) is 5.92 Å². The van der Waals surface area contributed by atoms with Gasteiger partial charge in [0, 0.05) is 24.1 Å². The average molecular weight is 307 g/mol. The first-order valence-corrected chi connectivity index (χ1v) is 7.98. The van der Waals surface area contributed by atoms with Crippen LogP contribution in [0.5, 0.6) is 0 Å². The number of carbonyl (C=O) groups excluding carboxylic acids is 1. The molecule has 0 radical (unpaired) electrons. The molecule has 1 aliphatic carbocycles. The molecule has 2 atom stereocenters. The summed E-state index contributed by atoms with van der Waals surface area (Å²) in [7, 11) is 0. The lowest BCUT2D eigenvalue weighted by Gasteiger charge is -2.26. The normalized spacial score (nSPS) is 30.3. The van der Waals surface area contributed by atoms with Crippen LogP contribution in [0.2, 0.25) is 5.02 Å². The van der Waals surface area contributed by atoms with E-state index in [4.69, 9.17) is 16.3 Å². The molecule has 2 saturated heterocycles. The van der Waals surface area contributed by atoms with E-state index in [-0.39, 0.29) is 17.6 Å². The van der Waals surface area contributed by atoms with Crippen LogP contribution in [0.25, 0.3) is 0 Å². The van der Waals surface area contributed by atoms with Gasteiger partial charge in [0.15, 0.2) is 0 Å². The Morgan fingerprint density at radius 3 is 2.71 bits per heavy atom. The van der Waals surface area contributed by atoms with Crippen molar-refractivity contribution >= 4 is 17.5 Å². The predicted molar refractivity (Wildman–Crippen MR) is 79.9 cm³/mol.